The standard InChI is InChI=1S/C30H34N2O4.C24H25N3O2/c1-30(2,3)36-29(33)13-19-9-11-22(12-10-19)32-25-16-23-21(15-28(25)34-4)17-31-18-24(23)27-14-20-7-5-6-8-26(20)35-27;1-28-24-11-16-13-26-14-20(23-10-15-4-2-3-5-22(15)29-23)19(16)12-21(24)27-18-8-6-17(25)7-9-18/h5-8,14-19,22,32H,9-13H2,1-4H3;2-5,10-14,17-18,27H,6-9,25H2,1H3. The highest BCUT2D eigenvalue weighted by Crippen LogP contribution is 2.40. The molecule has 2 saturated carbocycles. The second kappa shape index (κ2) is 18.9. The van der Waals surface area contributed by atoms with E-state index in [1.807, 2.05) is 94.1 Å². The van der Waals surface area contributed by atoms with E-state index < -0.39 is 5.60 Å². The number of pyridine rings is 2. The fourth-order valence-corrected chi connectivity index (χ4v) is 9.41. The number of nitrogens with zero attached hydrogens (tertiary/aromatic N) is 2. The number of aromatic nitrogens is 2. The molecule has 0 aliphatic heterocycles. The third-order valence-electron chi connectivity index (χ3n) is 12.8. The van der Waals surface area contributed by atoms with Crippen LogP contribution in [-0.4, -0.2) is 53.9 Å². The van der Waals surface area contributed by atoms with Crippen LogP contribution < -0.4 is 25.8 Å². The molecule has 0 spiro atoms. The minimum Gasteiger partial charge on any atom is -0.495 e. The van der Waals surface area contributed by atoms with Gasteiger partial charge in [0.2, 0.25) is 0 Å². The smallest absolute Gasteiger partial charge is 0.306 e. The molecule has 10 rings (SSSR count). The van der Waals surface area contributed by atoms with E-state index in [1.165, 1.54) is 0 Å². The Bertz CT molecular complexity index is 2870. The topological polar surface area (TPSA) is 147 Å². The number of hydrogen-bond acceptors (Lipinski definition) is 11. The lowest BCUT2D eigenvalue weighted by atomic mass is 9.84. The monoisotopic (exact) mass is 873 g/mol. The first-order chi connectivity index (χ1) is 31.5. The summed E-state index contributed by atoms with van der Waals surface area (Å²) in [6, 6.07) is 29.7. The van der Waals surface area contributed by atoms with Gasteiger partial charge in [-0.25, -0.2) is 0 Å². The zero-order chi connectivity index (χ0) is 45.1. The molecule has 4 aromatic carbocycles. The minimum atomic E-state index is -0.431. The minimum absolute atomic E-state index is 0.0955. The molecule has 0 saturated heterocycles. The number of furan rings is 2. The molecular formula is C54H59N5O6. The van der Waals surface area contributed by atoms with Crippen LogP contribution in [0.3, 0.4) is 0 Å². The first-order valence-corrected chi connectivity index (χ1v) is 22.9. The fraction of sp³-hybridized carbons (Fsp3) is 0.352. The lowest BCUT2D eigenvalue weighted by Gasteiger charge is -2.30. The van der Waals surface area contributed by atoms with Crippen molar-refractivity contribution in [2.24, 2.45) is 11.7 Å². The van der Waals surface area contributed by atoms with Crippen LogP contribution in [0.15, 0.2) is 119 Å². The van der Waals surface area contributed by atoms with Gasteiger partial charge in [0.05, 0.1) is 25.6 Å². The third kappa shape index (κ3) is 10.1. The second-order valence-corrected chi connectivity index (χ2v) is 18.6. The highest BCUT2D eigenvalue weighted by atomic mass is 16.6. The summed E-state index contributed by atoms with van der Waals surface area (Å²) in [6.45, 7) is 5.75. The van der Waals surface area contributed by atoms with Gasteiger partial charge in [0.25, 0.3) is 0 Å². The number of carbonyl (C=O) groups excluding carboxylic acids is 1. The molecular weight excluding hydrogens is 815 g/mol. The number of carbonyl (C=O) groups is 1. The van der Waals surface area contributed by atoms with Crippen LogP contribution in [0.25, 0.3) is 66.1 Å². The lowest BCUT2D eigenvalue weighted by molar-refractivity contribution is -0.156. The van der Waals surface area contributed by atoms with Crippen LogP contribution in [-0.2, 0) is 9.53 Å². The third-order valence-corrected chi connectivity index (χ3v) is 12.8. The quantitative estimate of drug-likeness (QED) is 0.113. The molecule has 0 atom stereocenters. The van der Waals surface area contributed by atoms with Gasteiger partial charge in [-0.3, -0.25) is 14.8 Å². The molecule has 0 unspecified atom stereocenters. The highest BCUT2D eigenvalue weighted by molar-refractivity contribution is 6.01. The molecule has 4 aromatic heterocycles. The van der Waals surface area contributed by atoms with Crippen molar-refractivity contribution in [3.05, 3.63) is 110 Å². The first-order valence-electron chi connectivity index (χ1n) is 22.9. The molecule has 11 heteroatoms. The number of fused-ring (bicyclic) bond motifs is 4. The second-order valence-electron chi connectivity index (χ2n) is 18.6. The predicted octanol–water partition coefficient (Wildman–Crippen LogP) is 12.7. The molecule has 8 aromatic rings. The summed E-state index contributed by atoms with van der Waals surface area (Å²) in [5.74, 6) is 3.53. The van der Waals surface area contributed by atoms with Gasteiger partial charge in [-0.15, -0.1) is 0 Å². The summed E-state index contributed by atoms with van der Waals surface area (Å²) < 4.78 is 29.2. The Hall–Kier alpha value is -6.59. The molecule has 336 valence electrons. The van der Waals surface area contributed by atoms with Crippen LogP contribution in [0.4, 0.5) is 11.4 Å². The van der Waals surface area contributed by atoms with E-state index in [4.69, 9.17) is 28.8 Å². The van der Waals surface area contributed by atoms with Gasteiger partial charge in [-0.05, 0) is 137 Å². The summed E-state index contributed by atoms with van der Waals surface area (Å²) in [6.07, 6.45) is 16.2. The lowest BCUT2D eigenvalue weighted by Crippen LogP contribution is -2.32. The molecule has 0 amide bonds. The van der Waals surface area contributed by atoms with E-state index in [2.05, 4.69) is 57.0 Å². The van der Waals surface area contributed by atoms with Crippen molar-refractivity contribution in [1.82, 2.24) is 9.97 Å². The molecule has 4 N–H and O–H groups in total. The fourth-order valence-electron chi connectivity index (χ4n) is 9.41. The van der Waals surface area contributed by atoms with Gasteiger partial charge >= 0.3 is 5.97 Å². The zero-order valence-corrected chi connectivity index (χ0v) is 38.0. The van der Waals surface area contributed by atoms with Crippen molar-refractivity contribution in [2.45, 2.75) is 102 Å². The van der Waals surface area contributed by atoms with Gasteiger partial charge < -0.3 is 39.4 Å². The Morgan fingerprint density at radius 3 is 1.54 bits per heavy atom. The first kappa shape index (κ1) is 43.7. The number of hydrogen-bond donors (Lipinski definition) is 3. The molecule has 4 heterocycles. The van der Waals surface area contributed by atoms with Gasteiger partial charge in [0, 0.05) is 82.0 Å². The Morgan fingerprint density at radius 2 is 1.09 bits per heavy atom. The van der Waals surface area contributed by atoms with Crippen molar-refractivity contribution in [3.8, 4) is 34.1 Å². The van der Waals surface area contributed by atoms with Gasteiger partial charge in [0.15, 0.2) is 0 Å². The van der Waals surface area contributed by atoms with E-state index in [0.717, 1.165) is 140 Å². The van der Waals surface area contributed by atoms with Crippen molar-refractivity contribution < 1.29 is 27.8 Å². The zero-order valence-electron chi connectivity index (χ0n) is 38.0. The van der Waals surface area contributed by atoms with Gasteiger partial charge in [-0.2, -0.15) is 0 Å². The molecule has 2 aliphatic rings. The van der Waals surface area contributed by atoms with E-state index in [9.17, 15) is 4.79 Å². The number of anilines is 2. The average Bonchev–Trinajstić information content (AvgIpc) is 3.94. The summed E-state index contributed by atoms with van der Waals surface area (Å²) in [7, 11) is 3.40. The highest BCUT2D eigenvalue weighted by Gasteiger charge is 2.27. The number of nitrogens with two attached hydrogens (primary N) is 1. The number of benzene rings is 4. The molecule has 2 aliphatic carbocycles. The summed E-state index contributed by atoms with van der Waals surface area (Å²) in [5.41, 5.74) is 11.3. The van der Waals surface area contributed by atoms with Crippen LogP contribution in [0.2, 0.25) is 0 Å². The largest absolute Gasteiger partial charge is 0.495 e. The number of methoxy groups -OCH3 is 2. The number of para-hydroxylation sites is 2. The number of ether oxygens (including phenoxy) is 3. The number of nitrogens with one attached hydrogen (secondary N) is 2. The van der Waals surface area contributed by atoms with E-state index in [-0.39, 0.29) is 5.97 Å². The van der Waals surface area contributed by atoms with Crippen LogP contribution in [0.5, 0.6) is 11.5 Å². The maximum absolute atomic E-state index is 12.2. The predicted molar refractivity (Wildman–Crippen MR) is 261 cm³/mol. The molecule has 0 bridgehead atoms. The number of esters is 1. The van der Waals surface area contributed by atoms with Crippen LogP contribution in [0, 0.1) is 5.92 Å². The van der Waals surface area contributed by atoms with E-state index >= 15 is 0 Å². The summed E-state index contributed by atoms with van der Waals surface area (Å²) in [5, 5.41) is 13.7. The maximum Gasteiger partial charge on any atom is 0.306 e. The van der Waals surface area contributed by atoms with Gasteiger partial charge in [-0.1, -0.05) is 36.4 Å². The molecule has 2 fully saturated rings. The van der Waals surface area contributed by atoms with Crippen molar-refractivity contribution >= 4 is 60.8 Å². The Morgan fingerprint density at radius 1 is 0.631 bits per heavy atom. The van der Waals surface area contributed by atoms with Crippen molar-refractivity contribution in [2.75, 3.05) is 24.9 Å². The Balaban J connectivity index is 0.000000168. The average molecular weight is 874 g/mol. The van der Waals surface area contributed by atoms with Crippen molar-refractivity contribution in [3.63, 3.8) is 0 Å². The number of rotatable bonds is 10. The van der Waals surface area contributed by atoms with Crippen molar-refractivity contribution in [1.29, 1.82) is 0 Å². The molecule has 11 nitrogen and oxygen atoms in total. The molecule has 0 radical (unpaired) electrons. The SMILES string of the molecule is COc1cc2cncc(-c3cc4ccccc4o3)c2cc1NC1CCC(CC(=O)OC(C)(C)C)CC1.COc1cc2cncc(-c3cc4ccccc4o3)c2cc1NC1CCC(N)CC1. The normalized spacial score (nSPS) is 18.9. The van der Waals surface area contributed by atoms with E-state index in [1.54, 1.807) is 14.2 Å². The van der Waals surface area contributed by atoms with Crippen LogP contribution in [0.1, 0.15) is 78.6 Å². The van der Waals surface area contributed by atoms with Crippen LogP contribution >= 0.6 is 0 Å². The summed E-state index contributed by atoms with van der Waals surface area (Å²) >= 11 is 0. The molecule has 65 heavy (non-hydrogen) atoms. The summed E-state index contributed by atoms with van der Waals surface area (Å²) in [4.78, 5) is 21.1. The maximum atomic E-state index is 12.2. The van der Waals surface area contributed by atoms with Gasteiger partial charge in [0.1, 0.15) is 39.8 Å². The van der Waals surface area contributed by atoms with E-state index in [0.29, 0.717) is 30.5 Å². The Labute approximate surface area is 380 Å². The Kier molecular flexibility index (Phi) is 12.7.